The average Bonchev–Trinajstić information content (AvgIpc) is 3.41. The summed E-state index contributed by atoms with van der Waals surface area (Å²) in [6, 6.07) is 10.9. The second-order valence-electron chi connectivity index (χ2n) is 10.1. The number of carbonyl (C=O) groups is 1. The molecule has 3 aromatic rings. The Morgan fingerprint density at radius 2 is 1.71 bits per heavy atom. The van der Waals surface area contributed by atoms with Gasteiger partial charge in [0.05, 0.1) is 20.0 Å². The number of nitrogens with one attached hydrogen (secondary N) is 1. The molecule has 1 N–H and O–H groups in total. The molecular weight excluding hydrogens is 564 g/mol. The zero-order valence-corrected chi connectivity index (χ0v) is 25.3. The number of hydrogen-bond donors (Lipinski definition) is 1. The first-order valence-electron chi connectivity index (χ1n) is 14.1. The Kier molecular flexibility index (Phi) is 10.6. The molecular formula is C28H38N6O5S2. The van der Waals surface area contributed by atoms with Crippen LogP contribution >= 0.6 is 11.3 Å². The van der Waals surface area contributed by atoms with Crippen molar-refractivity contribution < 1.29 is 18.1 Å². The van der Waals surface area contributed by atoms with E-state index in [2.05, 4.69) is 20.1 Å². The van der Waals surface area contributed by atoms with Crippen LogP contribution < -0.4 is 10.2 Å². The number of piperazine rings is 1. The molecule has 1 aliphatic rings. The van der Waals surface area contributed by atoms with Gasteiger partial charge in [0, 0.05) is 70.1 Å². The van der Waals surface area contributed by atoms with Crippen LogP contribution in [0, 0.1) is 10.1 Å². The van der Waals surface area contributed by atoms with E-state index in [1.165, 1.54) is 29.5 Å². The SMILES string of the molecule is CCCCN(CCCC)S(=O)(=O)c1ccc(C(=O)NCCN2CCN(c3nc4ccc([N+](=O)[O-])cc4s3)CC2)cc1. The van der Waals surface area contributed by atoms with Crippen LogP contribution in [0.1, 0.15) is 49.9 Å². The van der Waals surface area contributed by atoms with E-state index in [1.807, 2.05) is 13.8 Å². The highest BCUT2D eigenvalue weighted by atomic mass is 32.2. The van der Waals surface area contributed by atoms with E-state index in [9.17, 15) is 23.3 Å². The Balaban J connectivity index is 1.25. The smallest absolute Gasteiger partial charge is 0.270 e. The van der Waals surface area contributed by atoms with Gasteiger partial charge in [0.1, 0.15) is 0 Å². The molecule has 0 aliphatic carbocycles. The third kappa shape index (κ3) is 7.79. The van der Waals surface area contributed by atoms with E-state index in [4.69, 9.17) is 0 Å². The van der Waals surface area contributed by atoms with Crippen LogP contribution in [-0.2, 0) is 10.0 Å². The summed E-state index contributed by atoms with van der Waals surface area (Å²) in [6.45, 7) is 9.44. The fourth-order valence-corrected chi connectivity index (χ4v) is 7.26. The summed E-state index contributed by atoms with van der Waals surface area (Å²) < 4.78 is 28.7. The second kappa shape index (κ2) is 14.2. The largest absolute Gasteiger partial charge is 0.351 e. The number of aromatic nitrogens is 1. The molecule has 0 bridgehead atoms. The van der Waals surface area contributed by atoms with Gasteiger partial charge < -0.3 is 10.2 Å². The number of thiazole rings is 1. The van der Waals surface area contributed by atoms with Gasteiger partial charge in [0.2, 0.25) is 10.0 Å². The molecule has 1 aromatic heterocycles. The lowest BCUT2D eigenvalue weighted by Gasteiger charge is -2.34. The molecule has 2 aromatic carbocycles. The fraction of sp³-hybridized carbons (Fsp3) is 0.500. The van der Waals surface area contributed by atoms with Crippen LogP contribution in [0.3, 0.4) is 0 Å². The first-order valence-corrected chi connectivity index (χ1v) is 16.4. The van der Waals surface area contributed by atoms with Crippen LogP contribution in [0.4, 0.5) is 10.8 Å². The third-order valence-corrected chi connectivity index (χ3v) is 10.2. The summed E-state index contributed by atoms with van der Waals surface area (Å²) in [5.74, 6) is -0.232. The van der Waals surface area contributed by atoms with Crippen molar-refractivity contribution in [2.75, 3.05) is 57.3 Å². The summed E-state index contributed by atoms with van der Waals surface area (Å²) >= 11 is 1.46. The molecule has 1 aliphatic heterocycles. The quantitative estimate of drug-likeness (QED) is 0.213. The molecule has 1 fully saturated rings. The van der Waals surface area contributed by atoms with Gasteiger partial charge in [0.15, 0.2) is 5.13 Å². The summed E-state index contributed by atoms with van der Waals surface area (Å²) in [7, 11) is -3.60. The number of nitro benzene ring substituents is 1. The predicted molar refractivity (Wildman–Crippen MR) is 162 cm³/mol. The minimum atomic E-state index is -3.60. The van der Waals surface area contributed by atoms with Gasteiger partial charge in [-0.05, 0) is 43.2 Å². The summed E-state index contributed by atoms with van der Waals surface area (Å²) in [4.78, 5) is 32.7. The molecule has 0 saturated carbocycles. The minimum absolute atomic E-state index is 0.0667. The number of unbranched alkanes of at least 4 members (excludes halogenated alkanes) is 2. The number of fused-ring (bicyclic) bond motifs is 1. The Bertz CT molecular complexity index is 1430. The van der Waals surface area contributed by atoms with Crippen molar-refractivity contribution in [2.24, 2.45) is 0 Å². The Hall–Kier alpha value is -3.13. The molecule has 13 heteroatoms. The number of non-ortho nitro benzene ring substituents is 1. The van der Waals surface area contributed by atoms with Crippen molar-refractivity contribution in [1.82, 2.24) is 19.5 Å². The van der Waals surface area contributed by atoms with Crippen LogP contribution in [0.15, 0.2) is 47.4 Å². The number of hydrogen-bond acceptors (Lipinski definition) is 9. The fourth-order valence-electron chi connectivity index (χ4n) is 4.69. The first kappa shape index (κ1) is 30.8. The highest BCUT2D eigenvalue weighted by Crippen LogP contribution is 2.31. The van der Waals surface area contributed by atoms with Gasteiger partial charge in [-0.1, -0.05) is 38.0 Å². The molecule has 1 amide bonds. The summed E-state index contributed by atoms with van der Waals surface area (Å²) in [6.07, 6.45) is 3.47. The van der Waals surface area contributed by atoms with E-state index >= 15 is 0 Å². The molecule has 11 nitrogen and oxygen atoms in total. The second-order valence-corrected chi connectivity index (χ2v) is 13.1. The molecule has 4 rings (SSSR count). The summed E-state index contributed by atoms with van der Waals surface area (Å²) in [5, 5.41) is 14.8. The highest BCUT2D eigenvalue weighted by Gasteiger charge is 2.24. The summed E-state index contributed by atoms with van der Waals surface area (Å²) in [5.41, 5.74) is 1.26. The molecule has 2 heterocycles. The van der Waals surface area contributed by atoms with Crippen molar-refractivity contribution in [2.45, 2.75) is 44.4 Å². The molecule has 0 unspecified atom stereocenters. The van der Waals surface area contributed by atoms with Gasteiger partial charge in [-0.15, -0.1) is 0 Å². The number of nitro groups is 1. The number of anilines is 1. The molecule has 222 valence electrons. The maximum absolute atomic E-state index is 13.2. The number of carbonyl (C=O) groups excluding carboxylic acids is 1. The number of benzene rings is 2. The van der Waals surface area contributed by atoms with Gasteiger partial charge in [-0.25, -0.2) is 13.4 Å². The third-order valence-electron chi connectivity index (χ3n) is 7.20. The van der Waals surface area contributed by atoms with Gasteiger partial charge in [-0.2, -0.15) is 4.31 Å². The van der Waals surface area contributed by atoms with Crippen molar-refractivity contribution in [1.29, 1.82) is 0 Å². The van der Waals surface area contributed by atoms with E-state index in [0.717, 1.165) is 67.2 Å². The highest BCUT2D eigenvalue weighted by molar-refractivity contribution is 7.89. The average molecular weight is 603 g/mol. The van der Waals surface area contributed by atoms with Gasteiger partial charge in [0.25, 0.3) is 11.6 Å². The zero-order chi connectivity index (χ0) is 29.4. The number of amides is 1. The first-order chi connectivity index (χ1) is 19.7. The monoisotopic (exact) mass is 602 g/mol. The van der Waals surface area contributed by atoms with Crippen molar-refractivity contribution in [3.63, 3.8) is 0 Å². The van der Waals surface area contributed by atoms with E-state index in [0.29, 0.717) is 31.7 Å². The molecule has 0 atom stereocenters. The maximum atomic E-state index is 13.2. The maximum Gasteiger partial charge on any atom is 0.270 e. The van der Waals surface area contributed by atoms with Crippen molar-refractivity contribution in [3.05, 3.63) is 58.1 Å². The molecule has 41 heavy (non-hydrogen) atoms. The minimum Gasteiger partial charge on any atom is -0.351 e. The number of nitrogens with zero attached hydrogens (tertiary/aromatic N) is 5. The van der Waals surface area contributed by atoms with Crippen LogP contribution in [0.5, 0.6) is 0 Å². The normalized spacial score (nSPS) is 14.6. The molecule has 1 saturated heterocycles. The predicted octanol–water partition coefficient (Wildman–Crippen LogP) is 4.35. The van der Waals surface area contributed by atoms with Gasteiger partial charge >= 0.3 is 0 Å². The van der Waals surface area contributed by atoms with E-state index < -0.39 is 14.9 Å². The van der Waals surface area contributed by atoms with Crippen LogP contribution in [-0.4, -0.2) is 85.8 Å². The lowest BCUT2D eigenvalue weighted by atomic mass is 10.2. The topological polar surface area (TPSA) is 129 Å². The van der Waals surface area contributed by atoms with Crippen LogP contribution in [0.2, 0.25) is 0 Å². The Morgan fingerprint density at radius 1 is 1.05 bits per heavy atom. The van der Waals surface area contributed by atoms with Crippen molar-refractivity contribution >= 4 is 48.3 Å². The number of rotatable bonds is 14. The lowest BCUT2D eigenvalue weighted by molar-refractivity contribution is -0.384. The molecule has 0 spiro atoms. The van der Waals surface area contributed by atoms with Crippen molar-refractivity contribution in [3.8, 4) is 0 Å². The van der Waals surface area contributed by atoms with E-state index in [1.54, 1.807) is 28.6 Å². The lowest BCUT2D eigenvalue weighted by Crippen LogP contribution is -2.48. The Labute approximate surface area is 245 Å². The van der Waals surface area contributed by atoms with Gasteiger partial charge in [-0.3, -0.25) is 19.8 Å². The zero-order valence-electron chi connectivity index (χ0n) is 23.6. The Morgan fingerprint density at radius 3 is 2.32 bits per heavy atom. The number of sulfonamides is 1. The molecule has 0 radical (unpaired) electrons. The van der Waals surface area contributed by atoms with Crippen LogP contribution in [0.25, 0.3) is 10.2 Å². The van der Waals surface area contributed by atoms with E-state index in [-0.39, 0.29) is 16.5 Å². The standard InChI is InChI=1S/C28H38N6O5S2/c1-3-5-14-33(15-6-4-2)41(38,39)24-10-7-22(8-11-24)27(35)29-13-16-31-17-19-32(20-18-31)28-30-25-12-9-23(34(36)37)21-26(25)40-28/h7-12,21H,3-6,13-20H2,1-2H3,(H,29,35).